The van der Waals surface area contributed by atoms with Crippen molar-refractivity contribution in [2.24, 2.45) is 0 Å². The van der Waals surface area contributed by atoms with Crippen LogP contribution in [0, 0.1) is 0 Å². The quantitative estimate of drug-likeness (QED) is 0.576. The first-order valence-electron chi connectivity index (χ1n) is 5.45. The van der Waals surface area contributed by atoms with Gasteiger partial charge < -0.3 is 16.3 Å². The lowest BCUT2D eigenvalue weighted by molar-refractivity contribution is -0.108. The highest BCUT2D eigenvalue weighted by atomic mass is 16.1. The number of benzene rings is 2. The second kappa shape index (κ2) is 3.35. The summed E-state index contributed by atoms with van der Waals surface area (Å²) in [7, 11) is 0. The summed E-state index contributed by atoms with van der Waals surface area (Å²) in [4.78, 5) is 11.3. The van der Waals surface area contributed by atoms with E-state index in [4.69, 9.17) is 11.5 Å². The summed E-state index contributed by atoms with van der Waals surface area (Å²) in [5, 5.41) is 0. The number of nitrogen functional groups attached to an aromatic ring is 2. The fourth-order valence-electron chi connectivity index (χ4n) is 2.48. The Hall–Kier alpha value is -2.29. The molecule has 17 heavy (non-hydrogen) atoms. The van der Waals surface area contributed by atoms with Crippen molar-refractivity contribution in [3.8, 4) is 11.1 Å². The highest BCUT2D eigenvalue weighted by molar-refractivity contribution is 5.89. The predicted octanol–water partition coefficient (Wildman–Crippen LogP) is 2.16. The van der Waals surface area contributed by atoms with E-state index in [1.807, 2.05) is 36.4 Å². The molecule has 1 aliphatic carbocycles. The largest absolute Gasteiger partial charge is 0.399 e. The summed E-state index contributed by atoms with van der Waals surface area (Å²) in [5.74, 6) is -0.244. The van der Waals surface area contributed by atoms with Crippen molar-refractivity contribution in [2.75, 3.05) is 11.5 Å². The average molecular weight is 224 g/mol. The molecular formula is C14H12N2O. The Bertz CT molecular complexity index is 568. The van der Waals surface area contributed by atoms with Crippen LogP contribution in [0.5, 0.6) is 0 Å². The first-order chi connectivity index (χ1) is 8.20. The van der Waals surface area contributed by atoms with Crippen LogP contribution < -0.4 is 11.5 Å². The van der Waals surface area contributed by atoms with Crippen molar-refractivity contribution in [1.29, 1.82) is 0 Å². The molecule has 2 aromatic carbocycles. The monoisotopic (exact) mass is 224 g/mol. The lowest BCUT2D eigenvalue weighted by Crippen LogP contribution is -1.99. The molecule has 0 radical (unpaired) electrons. The third kappa shape index (κ3) is 1.32. The number of hydrogen-bond donors (Lipinski definition) is 2. The van der Waals surface area contributed by atoms with Crippen LogP contribution in [0.2, 0.25) is 0 Å². The molecule has 0 spiro atoms. The molecule has 0 fully saturated rings. The van der Waals surface area contributed by atoms with Crippen LogP contribution in [-0.4, -0.2) is 6.29 Å². The van der Waals surface area contributed by atoms with Crippen molar-refractivity contribution in [1.82, 2.24) is 0 Å². The zero-order valence-electron chi connectivity index (χ0n) is 9.18. The van der Waals surface area contributed by atoms with E-state index in [0.29, 0.717) is 11.4 Å². The van der Waals surface area contributed by atoms with Gasteiger partial charge in [-0.25, -0.2) is 0 Å². The maximum Gasteiger partial charge on any atom is 0.131 e. The minimum atomic E-state index is -0.244. The van der Waals surface area contributed by atoms with E-state index < -0.39 is 0 Å². The number of anilines is 2. The average Bonchev–Trinajstić information content (AvgIpc) is 2.60. The molecule has 0 heterocycles. The van der Waals surface area contributed by atoms with Gasteiger partial charge in [-0.1, -0.05) is 12.1 Å². The highest BCUT2D eigenvalue weighted by Crippen LogP contribution is 2.45. The minimum absolute atomic E-state index is 0.244. The van der Waals surface area contributed by atoms with Gasteiger partial charge in [0.1, 0.15) is 6.29 Å². The topological polar surface area (TPSA) is 69.1 Å². The molecule has 0 saturated carbocycles. The summed E-state index contributed by atoms with van der Waals surface area (Å²) in [6.45, 7) is 0. The molecule has 0 aliphatic heterocycles. The number of fused-ring (bicyclic) bond motifs is 3. The molecule has 3 nitrogen and oxygen atoms in total. The van der Waals surface area contributed by atoms with E-state index in [9.17, 15) is 4.79 Å². The zero-order chi connectivity index (χ0) is 12.0. The SMILES string of the molecule is Nc1ccc2c(c1)C(C=O)c1cc(N)ccc1-2. The van der Waals surface area contributed by atoms with Gasteiger partial charge in [0.2, 0.25) is 0 Å². The fourth-order valence-corrected chi connectivity index (χ4v) is 2.48. The van der Waals surface area contributed by atoms with Crippen molar-refractivity contribution in [2.45, 2.75) is 5.92 Å². The number of aldehydes is 1. The van der Waals surface area contributed by atoms with Crippen LogP contribution in [0.25, 0.3) is 11.1 Å². The summed E-state index contributed by atoms with van der Waals surface area (Å²) in [6.07, 6.45) is 0.948. The number of nitrogens with two attached hydrogens (primary N) is 2. The molecule has 0 amide bonds. The molecule has 0 bridgehead atoms. The second-order valence-corrected chi connectivity index (χ2v) is 4.31. The van der Waals surface area contributed by atoms with Crippen LogP contribution >= 0.6 is 0 Å². The van der Waals surface area contributed by atoms with Gasteiger partial charge in [-0.2, -0.15) is 0 Å². The molecule has 2 aromatic rings. The van der Waals surface area contributed by atoms with E-state index >= 15 is 0 Å². The summed E-state index contributed by atoms with van der Waals surface area (Å²) in [6, 6.07) is 11.4. The summed E-state index contributed by atoms with van der Waals surface area (Å²) < 4.78 is 0. The van der Waals surface area contributed by atoms with Crippen molar-refractivity contribution >= 4 is 17.7 Å². The van der Waals surface area contributed by atoms with Crippen LogP contribution in [0.15, 0.2) is 36.4 Å². The molecule has 3 rings (SSSR count). The number of rotatable bonds is 1. The van der Waals surface area contributed by atoms with Crippen molar-refractivity contribution in [3.63, 3.8) is 0 Å². The molecule has 0 atom stereocenters. The number of carbonyl (C=O) groups excluding carboxylic acids is 1. The van der Waals surface area contributed by atoms with E-state index in [-0.39, 0.29) is 5.92 Å². The van der Waals surface area contributed by atoms with E-state index in [2.05, 4.69) is 0 Å². The van der Waals surface area contributed by atoms with Crippen molar-refractivity contribution < 1.29 is 4.79 Å². The van der Waals surface area contributed by atoms with Gasteiger partial charge in [0.25, 0.3) is 0 Å². The maximum absolute atomic E-state index is 11.3. The molecule has 0 aromatic heterocycles. The number of carbonyl (C=O) groups is 1. The summed E-state index contributed by atoms with van der Waals surface area (Å²) >= 11 is 0. The predicted molar refractivity (Wildman–Crippen MR) is 68.6 cm³/mol. The van der Waals surface area contributed by atoms with Crippen LogP contribution in [-0.2, 0) is 4.79 Å². The molecule has 0 saturated heterocycles. The standard InChI is InChI=1S/C14H12N2O/c15-8-1-3-10-11-4-2-9(16)6-13(11)14(7-17)12(10)5-8/h1-7,14H,15-16H2. The molecule has 84 valence electrons. The lowest BCUT2D eigenvalue weighted by atomic mass is 9.98. The Morgan fingerprint density at radius 1 is 0.882 bits per heavy atom. The Labute approximate surface area is 99.1 Å². The van der Waals surface area contributed by atoms with E-state index in [1.54, 1.807) is 0 Å². The third-order valence-electron chi connectivity index (χ3n) is 3.25. The van der Waals surface area contributed by atoms with Gasteiger partial charge in [0.15, 0.2) is 0 Å². The van der Waals surface area contributed by atoms with Gasteiger partial charge in [-0.3, -0.25) is 0 Å². The Balaban J connectivity index is 2.32. The van der Waals surface area contributed by atoms with Gasteiger partial charge in [-0.15, -0.1) is 0 Å². The maximum atomic E-state index is 11.3. The molecular weight excluding hydrogens is 212 g/mol. The molecule has 4 N–H and O–H groups in total. The normalized spacial score (nSPS) is 13.2. The smallest absolute Gasteiger partial charge is 0.131 e. The fraction of sp³-hybridized carbons (Fsp3) is 0.0714. The molecule has 3 heteroatoms. The van der Waals surface area contributed by atoms with Gasteiger partial charge in [-0.05, 0) is 46.5 Å². The van der Waals surface area contributed by atoms with Gasteiger partial charge in [0, 0.05) is 11.4 Å². The second-order valence-electron chi connectivity index (χ2n) is 4.31. The van der Waals surface area contributed by atoms with Crippen LogP contribution in [0.1, 0.15) is 17.0 Å². The molecule has 0 unspecified atom stereocenters. The first-order valence-corrected chi connectivity index (χ1v) is 5.45. The van der Waals surface area contributed by atoms with Crippen LogP contribution in [0.4, 0.5) is 11.4 Å². The highest BCUT2D eigenvalue weighted by Gasteiger charge is 2.28. The third-order valence-corrected chi connectivity index (χ3v) is 3.25. The zero-order valence-corrected chi connectivity index (χ0v) is 9.18. The Morgan fingerprint density at radius 3 is 1.76 bits per heavy atom. The van der Waals surface area contributed by atoms with Crippen LogP contribution in [0.3, 0.4) is 0 Å². The number of hydrogen-bond acceptors (Lipinski definition) is 3. The minimum Gasteiger partial charge on any atom is -0.399 e. The summed E-state index contributed by atoms with van der Waals surface area (Å²) in [5.41, 5.74) is 17.0. The van der Waals surface area contributed by atoms with Gasteiger partial charge >= 0.3 is 0 Å². The molecule has 1 aliphatic rings. The Morgan fingerprint density at radius 2 is 1.35 bits per heavy atom. The lowest BCUT2D eigenvalue weighted by Gasteiger charge is -2.05. The van der Waals surface area contributed by atoms with E-state index in [0.717, 1.165) is 28.5 Å². The van der Waals surface area contributed by atoms with E-state index in [1.165, 1.54) is 0 Å². The Kier molecular flexibility index (Phi) is 1.95. The van der Waals surface area contributed by atoms with Crippen molar-refractivity contribution in [3.05, 3.63) is 47.5 Å². The van der Waals surface area contributed by atoms with Gasteiger partial charge in [0.05, 0.1) is 5.92 Å². The first kappa shape index (κ1) is 9.90.